The molecule has 5 heteroatoms. The first-order valence-electron chi connectivity index (χ1n) is 6.24. The van der Waals surface area contributed by atoms with Gasteiger partial charge in [0.05, 0.1) is 13.0 Å². The molecule has 1 rings (SSSR count). The lowest BCUT2D eigenvalue weighted by Gasteiger charge is -2.19. The molecule has 0 aromatic heterocycles. The number of hydrogen-bond donors (Lipinski definition) is 0. The van der Waals surface area contributed by atoms with Crippen LogP contribution in [0.3, 0.4) is 0 Å². The predicted octanol–water partition coefficient (Wildman–Crippen LogP) is 1.78. The highest BCUT2D eigenvalue weighted by molar-refractivity contribution is 5.83. The van der Waals surface area contributed by atoms with Gasteiger partial charge >= 0.3 is 5.97 Å². The highest BCUT2D eigenvalue weighted by Crippen LogP contribution is 2.06. The number of nitrogens with zero attached hydrogens (tertiary/aromatic N) is 1. The van der Waals surface area contributed by atoms with Crippen molar-refractivity contribution in [3.05, 3.63) is 35.6 Å². The molecule has 0 aliphatic heterocycles. The molecule has 1 amide bonds. The normalized spacial score (nSPS) is 10.1. The van der Waals surface area contributed by atoms with Crippen LogP contribution < -0.4 is 0 Å². The number of esters is 1. The van der Waals surface area contributed by atoms with Gasteiger partial charge in [-0.05, 0) is 31.5 Å². The molecular formula is C14H18FNO3. The fourth-order valence-corrected chi connectivity index (χ4v) is 1.63. The third-order valence-electron chi connectivity index (χ3n) is 2.63. The molecule has 0 saturated heterocycles. The Morgan fingerprint density at radius 3 is 2.37 bits per heavy atom. The van der Waals surface area contributed by atoms with Gasteiger partial charge in [0.1, 0.15) is 12.4 Å². The van der Waals surface area contributed by atoms with Gasteiger partial charge in [-0.3, -0.25) is 9.59 Å². The minimum Gasteiger partial charge on any atom is -0.465 e. The van der Waals surface area contributed by atoms with Crippen molar-refractivity contribution in [3.63, 3.8) is 0 Å². The summed E-state index contributed by atoms with van der Waals surface area (Å²) in [5.74, 6) is -0.936. The van der Waals surface area contributed by atoms with Crippen LogP contribution in [-0.2, 0) is 20.7 Å². The van der Waals surface area contributed by atoms with Crippen molar-refractivity contribution in [2.75, 3.05) is 19.7 Å². The van der Waals surface area contributed by atoms with Gasteiger partial charge in [0.15, 0.2) is 0 Å². The second kappa shape index (κ2) is 7.51. The van der Waals surface area contributed by atoms with Gasteiger partial charge in [-0.1, -0.05) is 12.1 Å². The van der Waals surface area contributed by atoms with E-state index in [0.717, 1.165) is 0 Å². The summed E-state index contributed by atoms with van der Waals surface area (Å²) in [7, 11) is 0. The third-order valence-corrected chi connectivity index (χ3v) is 2.63. The number of carbonyl (C=O) groups excluding carboxylic acids is 2. The number of amides is 1. The first-order chi connectivity index (χ1) is 9.06. The van der Waals surface area contributed by atoms with Crippen LogP contribution in [0.25, 0.3) is 0 Å². The SMILES string of the molecule is CCOC(=O)CN(CC)C(=O)Cc1ccc(F)cc1. The number of likely N-dealkylation sites (N-methyl/N-ethyl adjacent to an activating group) is 1. The Kier molecular flexibility index (Phi) is 5.99. The maximum atomic E-state index is 12.7. The van der Waals surface area contributed by atoms with E-state index in [1.165, 1.54) is 17.0 Å². The zero-order valence-electron chi connectivity index (χ0n) is 11.2. The summed E-state index contributed by atoms with van der Waals surface area (Å²) in [6, 6.07) is 5.74. The zero-order chi connectivity index (χ0) is 14.3. The van der Waals surface area contributed by atoms with Gasteiger partial charge < -0.3 is 9.64 Å². The number of hydrogen-bond acceptors (Lipinski definition) is 3. The van der Waals surface area contributed by atoms with E-state index in [0.29, 0.717) is 18.7 Å². The molecule has 0 radical (unpaired) electrons. The Morgan fingerprint density at radius 2 is 1.84 bits per heavy atom. The summed E-state index contributed by atoms with van der Waals surface area (Å²) in [6.07, 6.45) is 0.146. The maximum absolute atomic E-state index is 12.7. The average Bonchev–Trinajstić information content (AvgIpc) is 2.39. The molecule has 0 saturated carbocycles. The molecule has 0 N–H and O–H groups in total. The number of benzene rings is 1. The number of halogens is 1. The number of rotatable bonds is 6. The maximum Gasteiger partial charge on any atom is 0.325 e. The third kappa shape index (κ3) is 5.07. The monoisotopic (exact) mass is 267 g/mol. The standard InChI is InChI=1S/C14H18FNO3/c1-3-16(10-14(18)19-4-2)13(17)9-11-5-7-12(15)8-6-11/h5-8H,3-4,9-10H2,1-2H3. The molecule has 0 unspecified atom stereocenters. The van der Waals surface area contributed by atoms with Crippen LogP contribution in [0.1, 0.15) is 19.4 Å². The van der Waals surface area contributed by atoms with Gasteiger partial charge in [-0.15, -0.1) is 0 Å². The van der Waals surface area contributed by atoms with E-state index < -0.39 is 5.97 Å². The first kappa shape index (κ1) is 15.1. The molecule has 0 fully saturated rings. The van der Waals surface area contributed by atoms with Gasteiger partial charge in [-0.25, -0.2) is 4.39 Å². The van der Waals surface area contributed by atoms with Gasteiger partial charge in [0.25, 0.3) is 0 Å². The largest absolute Gasteiger partial charge is 0.465 e. The summed E-state index contributed by atoms with van der Waals surface area (Å²) >= 11 is 0. The molecule has 0 bridgehead atoms. The van der Waals surface area contributed by atoms with Crippen LogP contribution in [0.15, 0.2) is 24.3 Å². The Bertz CT molecular complexity index is 431. The lowest BCUT2D eigenvalue weighted by Crippen LogP contribution is -2.37. The Morgan fingerprint density at radius 1 is 1.21 bits per heavy atom. The topological polar surface area (TPSA) is 46.6 Å². The Hall–Kier alpha value is -1.91. The van der Waals surface area contributed by atoms with Crippen molar-refractivity contribution < 1.29 is 18.7 Å². The first-order valence-corrected chi connectivity index (χ1v) is 6.24. The summed E-state index contributed by atoms with van der Waals surface area (Å²) in [5.41, 5.74) is 0.716. The van der Waals surface area contributed by atoms with Gasteiger partial charge in [-0.2, -0.15) is 0 Å². The second-order valence-corrected chi connectivity index (χ2v) is 4.02. The molecule has 0 heterocycles. The molecule has 1 aromatic carbocycles. The van der Waals surface area contributed by atoms with E-state index in [1.807, 2.05) is 0 Å². The highest BCUT2D eigenvalue weighted by atomic mass is 19.1. The summed E-state index contributed by atoms with van der Waals surface area (Å²) < 4.78 is 17.6. The van der Waals surface area contributed by atoms with Crippen LogP contribution >= 0.6 is 0 Å². The van der Waals surface area contributed by atoms with Crippen LogP contribution in [0, 0.1) is 5.82 Å². The average molecular weight is 267 g/mol. The second-order valence-electron chi connectivity index (χ2n) is 4.02. The van der Waals surface area contributed by atoms with Crippen LogP contribution in [-0.4, -0.2) is 36.5 Å². The summed E-state index contributed by atoms with van der Waals surface area (Å²) in [5, 5.41) is 0. The fraction of sp³-hybridized carbons (Fsp3) is 0.429. The van der Waals surface area contributed by atoms with E-state index in [2.05, 4.69) is 0 Å². The lowest BCUT2D eigenvalue weighted by atomic mass is 10.1. The summed E-state index contributed by atoms with van der Waals surface area (Å²) in [6.45, 7) is 4.18. The van der Waals surface area contributed by atoms with Crippen LogP contribution in [0.4, 0.5) is 4.39 Å². The molecule has 104 valence electrons. The van der Waals surface area contributed by atoms with Crippen LogP contribution in [0.5, 0.6) is 0 Å². The van der Waals surface area contributed by atoms with Gasteiger partial charge in [0.2, 0.25) is 5.91 Å². The lowest BCUT2D eigenvalue weighted by molar-refractivity contribution is -0.148. The Labute approximate surface area is 112 Å². The van der Waals surface area contributed by atoms with Crippen molar-refractivity contribution in [2.45, 2.75) is 20.3 Å². The van der Waals surface area contributed by atoms with E-state index in [9.17, 15) is 14.0 Å². The molecule has 1 aromatic rings. The van der Waals surface area contributed by atoms with Crippen LogP contribution in [0.2, 0.25) is 0 Å². The molecule has 0 spiro atoms. The molecule has 19 heavy (non-hydrogen) atoms. The smallest absolute Gasteiger partial charge is 0.325 e. The molecule has 0 aliphatic rings. The summed E-state index contributed by atoms with van der Waals surface area (Å²) in [4.78, 5) is 24.8. The fourth-order valence-electron chi connectivity index (χ4n) is 1.63. The minimum atomic E-state index is -0.420. The van der Waals surface area contributed by atoms with Crippen molar-refractivity contribution >= 4 is 11.9 Å². The van der Waals surface area contributed by atoms with E-state index >= 15 is 0 Å². The highest BCUT2D eigenvalue weighted by Gasteiger charge is 2.16. The van der Waals surface area contributed by atoms with E-state index in [4.69, 9.17) is 4.74 Å². The molecule has 4 nitrogen and oxygen atoms in total. The number of carbonyl (C=O) groups is 2. The van der Waals surface area contributed by atoms with Gasteiger partial charge in [0, 0.05) is 6.54 Å². The van der Waals surface area contributed by atoms with Crippen molar-refractivity contribution in [1.29, 1.82) is 0 Å². The van der Waals surface area contributed by atoms with Crippen molar-refractivity contribution in [3.8, 4) is 0 Å². The predicted molar refractivity (Wildman–Crippen MR) is 69.0 cm³/mol. The quantitative estimate of drug-likeness (QED) is 0.738. The molecule has 0 atom stereocenters. The zero-order valence-corrected chi connectivity index (χ0v) is 11.2. The number of ether oxygens (including phenoxy) is 1. The minimum absolute atomic E-state index is 0.0512. The molecule has 0 aliphatic carbocycles. The van der Waals surface area contributed by atoms with Crippen molar-refractivity contribution in [1.82, 2.24) is 4.90 Å². The van der Waals surface area contributed by atoms with E-state index in [-0.39, 0.29) is 24.7 Å². The van der Waals surface area contributed by atoms with Crippen molar-refractivity contribution in [2.24, 2.45) is 0 Å². The Balaban J connectivity index is 2.58. The molecular weight excluding hydrogens is 249 g/mol. The van der Waals surface area contributed by atoms with E-state index in [1.54, 1.807) is 26.0 Å².